The van der Waals surface area contributed by atoms with Gasteiger partial charge in [-0.15, -0.1) is 0 Å². The summed E-state index contributed by atoms with van der Waals surface area (Å²) in [6.07, 6.45) is 4.19. The lowest BCUT2D eigenvalue weighted by Crippen LogP contribution is -2.33. The zero-order valence-corrected chi connectivity index (χ0v) is 10.3. The fourth-order valence-electron chi connectivity index (χ4n) is 2.00. The number of hydrogen-bond donors (Lipinski definition) is 1. The fourth-order valence-corrected chi connectivity index (χ4v) is 2.00. The summed E-state index contributed by atoms with van der Waals surface area (Å²) >= 11 is 0. The van der Waals surface area contributed by atoms with E-state index in [1.165, 1.54) is 12.8 Å². The van der Waals surface area contributed by atoms with Crippen LogP contribution < -0.4 is 14.8 Å². The molecule has 1 N–H and O–H groups in total. The Hall–Kier alpha value is -1.29. The molecule has 4 heteroatoms. The predicted octanol–water partition coefficient (Wildman–Crippen LogP) is 1.86. The Morgan fingerprint density at radius 1 is 1.47 bits per heavy atom. The van der Waals surface area contributed by atoms with Gasteiger partial charge in [0.25, 0.3) is 5.88 Å². The van der Waals surface area contributed by atoms with Crippen molar-refractivity contribution < 1.29 is 9.47 Å². The van der Waals surface area contributed by atoms with E-state index in [1.54, 1.807) is 6.20 Å². The van der Waals surface area contributed by atoms with Crippen LogP contribution in [0.4, 0.5) is 0 Å². The van der Waals surface area contributed by atoms with Crippen LogP contribution >= 0.6 is 0 Å². The summed E-state index contributed by atoms with van der Waals surface area (Å²) in [5, 5.41) is 3.38. The topological polar surface area (TPSA) is 43.4 Å². The SMILES string of the molecule is CCOc1ncccc1OCC1CCCNC1. The Morgan fingerprint density at radius 2 is 2.41 bits per heavy atom. The van der Waals surface area contributed by atoms with E-state index in [1.807, 2.05) is 19.1 Å². The predicted molar refractivity (Wildman–Crippen MR) is 66.5 cm³/mol. The summed E-state index contributed by atoms with van der Waals surface area (Å²) < 4.78 is 11.2. The molecule has 2 heterocycles. The van der Waals surface area contributed by atoms with Crippen LogP contribution in [0.2, 0.25) is 0 Å². The highest BCUT2D eigenvalue weighted by Gasteiger charge is 2.14. The van der Waals surface area contributed by atoms with Gasteiger partial charge in [0.1, 0.15) is 0 Å². The molecule has 1 aromatic heterocycles. The molecule has 0 amide bonds. The minimum Gasteiger partial charge on any atom is -0.488 e. The molecule has 0 aromatic carbocycles. The van der Waals surface area contributed by atoms with Crippen molar-refractivity contribution in [2.45, 2.75) is 19.8 Å². The smallest absolute Gasteiger partial charge is 0.256 e. The minimum absolute atomic E-state index is 0.596. The molecule has 1 aliphatic heterocycles. The maximum absolute atomic E-state index is 5.80. The Morgan fingerprint density at radius 3 is 3.18 bits per heavy atom. The maximum atomic E-state index is 5.80. The molecule has 0 spiro atoms. The number of piperidine rings is 1. The number of hydrogen-bond acceptors (Lipinski definition) is 4. The number of aromatic nitrogens is 1. The molecule has 0 radical (unpaired) electrons. The van der Waals surface area contributed by atoms with E-state index in [9.17, 15) is 0 Å². The molecule has 2 rings (SSSR count). The second-order valence-electron chi connectivity index (χ2n) is 4.26. The van der Waals surface area contributed by atoms with Gasteiger partial charge in [-0.3, -0.25) is 0 Å². The standard InChI is InChI=1S/C13H20N2O2/c1-2-16-13-12(6-4-8-15-13)17-10-11-5-3-7-14-9-11/h4,6,8,11,14H,2-3,5,7,9-10H2,1H3. The van der Waals surface area contributed by atoms with Crippen molar-refractivity contribution in [2.75, 3.05) is 26.3 Å². The molecule has 17 heavy (non-hydrogen) atoms. The first-order chi connectivity index (χ1) is 8.40. The van der Waals surface area contributed by atoms with Crippen molar-refractivity contribution in [3.8, 4) is 11.6 Å². The van der Waals surface area contributed by atoms with Crippen molar-refractivity contribution in [3.63, 3.8) is 0 Å². The van der Waals surface area contributed by atoms with E-state index in [0.29, 0.717) is 18.4 Å². The molecule has 1 aromatic rings. The summed E-state index contributed by atoms with van der Waals surface area (Å²) in [5.74, 6) is 1.94. The molecule has 1 fully saturated rings. The van der Waals surface area contributed by atoms with Gasteiger partial charge in [-0.05, 0) is 38.4 Å². The van der Waals surface area contributed by atoms with Gasteiger partial charge in [0.2, 0.25) is 0 Å². The van der Waals surface area contributed by atoms with E-state index < -0.39 is 0 Å². The summed E-state index contributed by atoms with van der Waals surface area (Å²) in [4.78, 5) is 4.17. The molecule has 94 valence electrons. The van der Waals surface area contributed by atoms with Gasteiger partial charge in [0.15, 0.2) is 5.75 Å². The first-order valence-corrected chi connectivity index (χ1v) is 6.31. The highest BCUT2D eigenvalue weighted by molar-refractivity contribution is 5.32. The Labute approximate surface area is 102 Å². The van der Waals surface area contributed by atoms with Crippen LogP contribution in [0.3, 0.4) is 0 Å². The summed E-state index contributed by atoms with van der Waals surface area (Å²) in [6, 6.07) is 3.78. The molecule has 1 aliphatic rings. The van der Waals surface area contributed by atoms with Crippen LogP contribution in [-0.4, -0.2) is 31.3 Å². The zero-order chi connectivity index (χ0) is 11.9. The second kappa shape index (κ2) is 6.45. The van der Waals surface area contributed by atoms with Gasteiger partial charge in [-0.25, -0.2) is 4.98 Å². The molecule has 0 saturated carbocycles. The molecule has 0 aliphatic carbocycles. The van der Waals surface area contributed by atoms with Crippen molar-refractivity contribution in [1.29, 1.82) is 0 Å². The Bertz CT molecular complexity index is 338. The summed E-state index contributed by atoms with van der Waals surface area (Å²) in [7, 11) is 0. The Kier molecular flexibility index (Phi) is 4.62. The number of nitrogens with zero attached hydrogens (tertiary/aromatic N) is 1. The van der Waals surface area contributed by atoms with Gasteiger partial charge < -0.3 is 14.8 Å². The number of rotatable bonds is 5. The van der Waals surface area contributed by atoms with Gasteiger partial charge in [0.05, 0.1) is 13.2 Å². The second-order valence-corrected chi connectivity index (χ2v) is 4.26. The third kappa shape index (κ3) is 3.60. The highest BCUT2D eigenvalue weighted by atomic mass is 16.5. The summed E-state index contributed by atoms with van der Waals surface area (Å²) in [6.45, 7) is 5.47. The molecule has 0 bridgehead atoms. The number of ether oxygens (including phenoxy) is 2. The Balaban J connectivity index is 1.88. The van der Waals surface area contributed by atoms with Gasteiger partial charge >= 0.3 is 0 Å². The minimum atomic E-state index is 0.596. The van der Waals surface area contributed by atoms with E-state index in [-0.39, 0.29) is 0 Å². The average molecular weight is 236 g/mol. The molecule has 4 nitrogen and oxygen atoms in total. The van der Waals surface area contributed by atoms with Crippen LogP contribution in [0.5, 0.6) is 11.6 Å². The number of nitrogens with one attached hydrogen (secondary N) is 1. The van der Waals surface area contributed by atoms with E-state index in [0.717, 1.165) is 25.4 Å². The molecule has 1 unspecified atom stereocenters. The van der Waals surface area contributed by atoms with Crippen molar-refractivity contribution in [3.05, 3.63) is 18.3 Å². The quantitative estimate of drug-likeness (QED) is 0.847. The summed E-state index contributed by atoms with van der Waals surface area (Å²) in [5.41, 5.74) is 0. The van der Waals surface area contributed by atoms with Crippen molar-refractivity contribution in [2.24, 2.45) is 5.92 Å². The maximum Gasteiger partial charge on any atom is 0.256 e. The third-order valence-corrected chi connectivity index (χ3v) is 2.89. The fraction of sp³-hybridized carbons (Fsp3) is 0.615. The van der Waals surface area contributed by atoms with Gasteiger partial charge in [0, 0.05) is 18.7 Å². The largest absolute Gasteiger partial charge is 0.488 e. The van der Waals surface area contributed by atoms with Crippen molar-refractivity contribution in [1.82, 2.24) is 10.3 Å². The van der Waals surface area contributed by atoms with Crippen LogP contribution in [-0.2, 0) is 0 Å². The molecule has 1 saturated heterocycles. The monoisotopic (exact) mass is 236 g/mol. The zero-order valence-electron chi connectivity index (χ0n) is 10.3. The van der Waals surface area contributed by atoms with E-state index in [2.05, 4.69) is 10.3 Å². The van der Waals surface area contributed by atoms with Crippen LogP contribution in [0.15, 0.2) is 18.3 Å². The average Bonchev–Trinajstić information content (AvgIpc) is 2.39. The molecular weight excluding hydrogens is 216 g/mol. The van der Waals surface area contributed by atoms with Gasteiger partial charge in [-0.1, -0.05) is 0 Å². The van der Waals surface area contributed by atoms with Crippen LogP contribution in [0.25, 0.3) is 0 Å². The van der Waals surface area contributed by atoms with Crippen LogP contribution in [0, 0.1) is 5.92 Å². The normalized spacial score (nSPS) is 19.9. The van der Waals surface area contributed by atoms with E-state index in [4.69, 9.17) is 9.47 Å². The van der Waals surface area contributed by atoms with E-state index >= 15 is 0 Å². The lowest BCUT2D eigenvalue weighted by Gasteiger charge is -2.23. The molecular formula is C13H20N2O2. The van der Waals surface area contributed by atoms with Crippen LogP contribution in [0.1, 0.15) is 19.8 Å². The lowest BCUT2D eigenvalue weighted by atomic mass is 10.0. The third-order valence-electron chi connectivity index (χ3n) is 2.89. The first kappa shape index (κ1) is 12.2. The number of pyridine rings is 1. The first-order valence-electron chi connectivity index (χ1n) is 6.31. The lowest BCUT2D eigenvalue weighted by molar-refractivity contribution is 0.205. The highest BCUT2D eigenvalue weighted by Crippen LogP contribution is 2.24. The van der Waals surface area contributed by atoms with Gasteiger partial charge in [-0.2, -0.15) is 0 Å². The molecule has 1 atom stereocenters. The van der Waals surface area contributed by atoms with Crippen molar-refractivity contribution >= 4 is 0 Å².